The number of ether oxygens (including phenoxy) is 1. The molecule has 0 unspecified atom stereocenters. The summed E-state index contributed by atoms with van der Waals surface area (Å²) < 4.78 is 18.6. The van der Waals surface area contributed by atoms with Gasteiger partial charge in [-0.15, -0.1) is 0 Å². The first-order chi connectivity index (χ1) is 15.1. The average Bonchev–Trinajstić information content (AvgIpc) is 2.80. The zero-order chi connectivity index (χ0) is 21.6. The molecular weight excluding hydrogens is 395 g/mol. The van der Waals surface area contributed by atoms with Crippen molar-refractivity contribution in [2.24, 2.45) is 0 Å². The number of hydrogen-bond donors (Lipinski definition) is 0. The van der Waals surface area contributed by atoms with Gasteiger partial charge in [-0.25, -0.2) is 14.2 Å². The number of aryl methyl sites for hydroxylation is 3. The van der Waals surface area contributed by atoms with Crippen LogP contribution in [0.1, 0.15) is 16.8 Å². The largest absolute Gasteiger partial charge is 0.415 e. The first-order valence-corrected chi connectivity index (χ1v) is 10.4. The molecule has 160 valence electrons. The Labute approximate surface area is 181 Å². The smallest absolute Gasteiger partial charge is 0.410 e. The van der Waals surface area contributed by atoms with Crippen molar-refractivity contribution in [2.45, 2.75) is 19.8 Å². The minimum atomic E-state index is -0.358. The summed E-state index contributed by atoms with van der Waals surface area (Å²) >= 11 is 0. The van der Waals surface area contributed by atoms with Gasteiger partial charge in [-0.2, -0.15) is 0 Å². The Hall–Kier alpha value is -3.48. The van der Waals surface area contributed by atoms with E-state index in [1.807, 2.05) is 42.3 Å². The quantitative estimate of drug-likeness (QED) is 0.624. The summed E-state index contributed by atoms with van der Waals surface area (Å²) in [6.45, 7) is 4.33. The van der Waals surface area contributed by atoms with Crippen LogP contribution < -0.4 is 9.64 Å². The van der Waals surface area contributed by atoms with E-state index in [0.29, 0.717) is 37.7 Å². The molecule has 1 fully saturated rings. The lowest BCUT2D eigenvalue weighted by molar-refractivity contribution is 0.149. The molecule has 1 saturated heterocycles. The third-order valence-corrected chi connectivity index (χ3v) is 5.34. The maximum atomic E-state index is 13.0. The molecule has 1 aromatic carbocycles. The van der Waals surface area contributed by atoms with Crippen LogP contribution in [0.4, 0.5) is 15.0 Å². The highest BCUT2D eigenvalue weighted by atomic mass is 19.1. The van der Waals surface area contributed by atoms with Crippen molar-refractivity contribution < 1.29 is 13.9 Å². The van der Waals surface area contributed by atoms with Crippen LogP contribution >= 0.6 is 0 Å². The van der Waals surface area contributed by atoms with E-state index in [2.05, 4.69) is 22.1 Å². The highest BCUT2D eigenvalue weighted by Crippen LogP contribution is 2.17. The molecule has 1 aliphatic rings. The van der Waals surface area contributed by atoms with Gasteiger partial charge in [0.05, 0.1) is 6.20 Å². The lowest BCUT2D eigenvalue weighted by atomic mass is 10.1. The molecule has 6 nitrogen and oxygen atoms in total. The minimum Gasteiger partial charge on any atom is -0.410 e. The molecule has 0 N–H and O–H groups in total. The van der Waals surface area contributed by atoms with Crippen molar-refractivity contribution in [3.8, 4) is 5.75 Å². The van der Waals surface area contributed by atoms with Gasteiger partial charge in [0.25, 0.3) is 0 Å². The molecule has 1 amide bonds. The second-order valence-electron chi connectivity index (χ2n) is 7.65. The fraction of sp³-hybridized carbons (Fsp3) is 0.292. The van der Waals surface area contributed by atoms with Crippen LogP contribution in [0.2, 0.25) is 0 Å². The zero-order valence-corrected chi connectivity index (χ0v) is 17.5. The van der Waals surface area contributed by atoms with E-state index in [-0.39, 0.29) is 11.9 Å². The molecule has 0 aliphatic carbocycles. The van der Waals surface area contributed by atoms with Gasteiger partial charge < -0.3 is 14.5 Å². The molecule has 0 spiro atoms. The number of piperazine rings is 1. The van der Waals surface area contributed by atoms with Gasteiger partial charge >= 0.3 is 6.09 Å². The SMILES string of the molecule is Cc1ccc(CCc2ccc(OC(=O)N3CCN(c4ccc(F)cn4)CC3)cc2)nc1. The Morgan fingerprint density at radius 2 is 1.71 bits per heavy atom. The van der Waals surface area contributed by atoms with E-state index in [9.17, 15) is 9.18 Å². The van der Waals surface area contributed by atoms with Gasteiger partial charge in [-0.1, -0.05) is 18.2 Å². The van der Waals surface area contributed by atoms with Crippen molar-refractivity contribution in [2.75, 3.05) is 31.1 Å². The van der Waals surface area contributed by atoms with Crippen molar-refractivity contribution in [3.63, 3.8) is 0 Å². The topological polar surface area (TPSA) is 58.6 Å². The highest BCUT2D eigenvalue weighted by Gasteiger charge is 2.23. The summed E-state index contributed by atoms with van der Waals surface area (Å²) in [5.74, 6) is 0.888. The van der Waals surface area contributed by atoms with Crippen LogP contribution in [-0.2, 0) is 12.8 Å². The number of halogens is 1. The number of rotatable bonds is 5. The number of nitrogens with zero attached hydrogens (tertiary/aromatic N) is 4. The number of pyridine rings is 2. The number of carbonyl (C=O) groups is 1. The van der Waals surface area contributed by atoms with Crippen molar-refractivity contribution in [1.82, 2.24) is 14.9 Å². The minimum absolute atomic E-state index is 0.358. The fourth-order valence-electron chi connectivity index (χ4n) is 3.48. The van der Waals surface area contributed by atoms with E-state index < -0.39 is 0 Å². The summed E-state index contributed by atoms with van der Waals surface area (Å²) in [5, 5.41) is 0. The van der Waals surface area contributed by atoms with Crippen LogP contribution in [0.15, 0.2) is 60.9 Å². The Morgan fingerprint density at radius 3 is 2.35 bits per heavy atom. The molecule has 31 heavy (non-hydrogen) atoms. The first kappa shape index (κ1) is 20.8. The van der Waals surface area contributed by atoms with Crippen molar-refractivity contribution >= 4 is 11.9 Å². The van der Waals surface area contributed by atoms with Gasteiger partial charge in [-0.05, 0) is 61.2 Å². The van der Waals surface area contributed by atoms with Crippen LogP contribution in [0.5, 0.6) is 5.75 Å². The van der Waals surface area contributed by atoms with Crippen molar-refractivity contribution in [1.29, 1.82) is 0 Å². The van der Waals surface area contributed by atoms with Crippen LogP contribution in [-0.4, -0.2) is 47.1 Å². The van der Waals surface area contributed by atoms with E-state index in [0.717, 1.165) is 24.1 Å². The summed E-state index contributed by atoms with van der Waals surface area (Å²) in [6.07, 6.45) is 4.48. The molecular formula is C24H25FN4O2. The monoisotopic (exact) mass is 420 g/mol. The van der Waals surface area contributed by atoms with Gasteiger partial charge in [-0.3, -0.25) is 4.98 Å². The van der Waals surface area contributed by atoms with Crippen LogP contribution in [0.3, 0.4) is 0 Å². The second-order valence-corrected chi connectivity index (χ2v) is 7.65. The number of hydrogen-bond acceptors (Lipinski definition) is 5. The zero-order valence-electron chi connectivity index (χ0n) is 17.5. The molecule has 0 bridgehead atoms. The lowest BCUT2D eigenvalue weighted by Gasteiger charge is -2.34. The summed E-state index contributed by atoms with van der Waals surface area (Å²) in [5.41, 5.74) is 3.39. The Bertz CT molecular complexity index is 999. The van der Waals surface area contributed by atoms with Gasteiger partial charge in [0, 0.05) is 38.1 Å². The second kappa shape index (κ2) is 9.55. The van der Waals surface area contributed by atoms with Gasteiger partial charge in [0.15, 0.2) is 0 Å². The molecule has 3 aromatic rings. The van der Waals surface area contributed by atoms with Crippen LogP contribution in [0, 0.1) is 12.7 Å². The highest BCUT2D eigenvalue weighted by molar-refractivity contribution is 5.71. The first-order valence-electron chi connectivity index (χ1n) is 10.4. The Kier molecular flexibility index (Phi) is 6.40. The van der Waals surface area contributed by atoms with Crippen molar-refractivity contribution in [3.05, 3.63) is 83.6 Å². The third-order valence-electron chi connectivity index (χ3n) is 5.34. The predicted octanol–water partition coefficient (Wildman–Crippen LogP) is 4.03. The molecule has 4 rings (SSSR count). The van der Waals surface area contributed by atoms with Crippen LogP contribution in [0.25, 0.3) is 0 Å². The maximum Gasteiger partial charge on any atom is 0.415 e. The normalized spacial score (nSPS) is 13.9. The Morgan fingerprint density at radius 1 is 0.935 bits per heavy atom. The number of anilines is 1. The molecule has 2 aromatic heterocycles. The molecule has 0 atom stereocenters. The maximum absolute atomic E-state index is 13.0. The number of carbonyl (C=O) groups excluding carboxylic acids is 1. The summed E-state index contributed by atoms with van der Waals surface area (Å²) in [4.78, 5) is 24.7. The lowest BCUT2D eigenvalue weighted by Crippen LogP contribution is -2.49. The number of aromatic nitrogens is 2. The van der Waals surface area contributed by atoms with E-state index in [4.69, 9.17) is 4.74 Å². The van der Waals surface area contributed by atoms with Gasteiger partial charge in [0.2, 0.25) is 0 Å². The summed E-state index contributed by atoms with van der Waals surface area (Å²) in [6, 6.07) is 14.8. The summed E-state index contributed by atoms with van der Waals surface area (Å²) in [7, 11) is 0. The predicted molar refractivity (Wildman–Crippen MR) is 117 cm³/mol. The van der Waals surface area contributed by atoms with Gasteiger partial charge in [0.1, 0.15) is 17.4 Å². The third kappa shape index (κ3) is 5.57. The van der Waals surface area contributed by atoms with E-state index in [1.165, 1.54) is 17.8 Å². The molecule has 0 saturated carbocycles. The fourth-order valence-corrected chi connectivity index (χ4v) is 3.48. The number of benzene rings is 1. The van der Waals surface area contributed by atoms with E-state index >= 15 is 0 Å². The standard InChI is InChI=1S/C24H25FN4O2/c1-18-2-7-21(26-16-18)8-3-19-4-9-22(10-5-19)31-24(30)29-14-12-28(13-15-29)23-11-6-20(25)17-27-23/h2,4-7,9-11,16-17H,3,8,12-15H2,1H3. The molecule has 0 radical (unpaired) electrons. The average molecular weight is 420 g/mol. The molecule has 1 aliphatic heterocycles. The molecule has 7 heteroatoms. The van der Waals surface area contributed by atoms with E-state index in [1.54, 1.807) is 11.0 Å². The Balaban J connectivity index is 1.25. The molecule has 3 heterocycles. The number of amides is 1.